The number of hydrogen-bond acceptors (Lipinski definition) is 3. The molecule has 1 aromatic carbocycles. The molecule has 1 atom stereocenters. The number of amides is 1. The van der Waals surface area contributed by atoms with Gasteiger partial charge in [0.1, 0.15) is 11.5 Å². The fraction of sp³-hybridized carbons (Fsp3) is 0.444. The molecule has 1 amide bonds. The Labute approximate surface area is 153 Å². The molecule has 2 aliphatic heterocycles. The number of halogens is 1. The molecule has 0 bridgehead atoms. The quantitative estimate of drug-likeness (QED) is 0.810. The van der Waals surface area contributed by atoms with Crippen LogP contribution in [0.25, 0.3) is 0 Å². The molecule has 0 aliphatic carbocycles. The number of likely N-dealkylation sites (N-methyl/N-ethyl adjacent to an activating group) is 1. The number of carbonyl (C=O) groups is 1. The van der Waals surface area contributed by atoms with E-state index in [1.54, 1.807) is 4.90 Å². The molecule has 1 fully saturated rings. The van der Waals surface area contributed by atoms with E-state index in [0.717, 1.165) is 30.0 Å². The molecule has 0 saturated carbocycles. The molecular weight excluding hydrogens is 357 g/mol. The fourth-order valence-electron chi connectivity index (χ4n) is 3.35. The summed E-state index contributed by atoms with van der Waals surface area (Å²) in [6.45, 7) is 2.64. The Morgan fingerprint density at radius 3 is 2.62 bits per heavy atom. The summed E-state index contributed by atoms with van der Waals surface area (Å²) in [5, 5.41) is 0. The maximum absolute atomic E-state index is 13.2. The Morgan fingerprint density at radius 2 is 1.96 bits per heavy atom. The highest BCUT2D eigenvalue weighted by atomic mass is 32.2. The van der Waals surface area contributed by atoms with Gasteiger partial charge < -0.3 is 4.90 Å². The third-order valence-corrected chi connectivity index (χ3v) is 6.21. The Kier molecular flexibility index (Phi) is 5.13. The van der Waals surface area contributed by atoms with E-state index in [0.29, 0.717) is 12.1 Å². The lowest BCUT2D eigenvalue weighted by Crippen LogP contribution is -2.47. The zero-order chi connectivity index (χ0) is 18.9. The zero-order valence-corrected chi connectivity index (χ0v) is 15.7. The van der Waals surface area contributed by atoms with Crippen LogP contribution in [0.5, 0.6) is 0 Å². The summed E-state index contributed by atoms with van der Waals surface area (Å²) in [6, 6.07) is 5.47. The van der Waals surface area contributed by atoms with E-state index in [2.05, 4.69) is 4.40 Å². The number of likely N-dealkylation sites (tertiary alicyclic amines) is 1. The largest absolute Gasteiger partial charge is 0.345 e. The smallest absolute Gasteiger partial charge is 0.334 e. The molecular formula is C18H22FN3O3S. The molecule has 3 rings (SSSR count). The Hall–Kier alpha value is -2.22. The zero-order valence-electron chi connectivity index (χ0n) is 14.9. The number of piperidine rings is 1. The molecule has 0 N–H and O–H groups in total. The van der Waals surface area contributed by atoms with Gasteiger partial charge in [-0.15, -0.1) is 4.40 Å². The van der Waals surface area contributed by atoms with Crippen LogP contribution in [0, 0.1) is 5.82 Å². The first-order chi connectivity index (χ1) is 12.3. The van der Waals surface area contributed by atoms with Crippen LogP contribution in [0.1, 0.15) is 38.2 Å². The normalized spacial score (nSPS) is 22.7. The summed E-state index contributed by atoms with van der Waals surface area (Å²) in [5.74, 6) is -0.735. The molecule has 6 nitrogen and oxygen atoms in total. The summed E-state index contributed by atoms with van der Waals surface area (Å²) in [7, 11) is -2.69. The second-order valence-electron chi connectivity index (χ2n) is 6.51. The molecule has 8 heteroatoms. The maximum atomic E-state index is 13.2. The van der Waals surface area contributed by atoms with Crippen molar-refractivity contribution in [2.45, 2.75) is 38.6 Å². The van der Waals surface area contributed by atoms with E-state index >= 15 is 0 Å². The summed E-state index contributed by atoms with van der Waals surface area (Å²) in [6.07, 6.45) is 5.19. The van der Waals surface area contributed by atoms with Crippen LogP contribution in [-0.4, -0.2) is 48.9 Å². The first-order valence-electron chi connectivity index (χ1n) is 8.71. The Bertz CT molecular complexity index is 862. The number of carbonyl (C=O) groups excluding carboxylic acids is 1. The SMILES string of the molecule is CC[C@@H]1CCCCN1C(=O)C1=CC(c2ccc(F)cc2)=NS(=O)(=O)N1C. The van der Waals surface area contributed by atoms with E-state index in [4.69, 9.17) is 0 Å². The minimum absolute atomic E-state index is 0.0691. The highest BCUT2D eigenvalue weighted by molar-refractivity contribution is 7.88. The van der Waals surface area contributed by atoms with E-state index in [1.165, 1.54) is 37.4 Å². The van der Waals surface area contributed by atoms with Gasteiger partial charge in [0.25, 0.3) is 5.91 Å². The third kappa shape index (κ3) is 3.51. The molecule has 0 aromatic heterocycles. The maximum Gasteiger partial charge on any atom is 0.345 e. The average molecular weight is 379 g/mol. The van der Waals surface area contributed by atoms with E-state index in [9.17, 15) is 17.6 Å². The van der Waals surface area contributed by atoms with Gasteiger partial charge in [-0.1, -0.05) is 6.92 Å². The van der Waals surface area contributed by atoms with Crippen LogP contribution in [0.15, 0.2) is 40.4 Å². The minimum atomic E-state index is -4.01. The van der Waals surface area contributed by atoms with Crippen molar-refractivity contribution in [2.75, 3.05) is 13.6 Å². The number of allylic oxidation sites excluding steroid dienone is 1. The molecule has 0 radical (unpaired) electrons. The van der Waals surface area contributed by atoms with Gasteiger partial charge in [0.2, 0.25) is 0 Å². The van der Waals surface area contributed by atoms with Gasteiger partial charge in [0.15, 0.2) is 0 Å². The highest BCUT2D eigenvalue weighted by Crippen LogP contribution is 2.26. The van der Waals surface area contributed by atoms with Gasteiger partial charge in [-0.2, -0.15) is 8.42 Å². The average Bonchev–Trinajstić information content (AvgIpc) is 2.63. The highest BCUT2D eigenvalue weighted by Gasteiger charge is 2.35. The lowest BCUT2D eigenvalue weighted by Gasteiger charge is -2.37. The van der Waals surface area contributed by atoms with Gasteiger partial charge >= 0.3 is 10.2 Å². The molecule has 0 spiro atoms. The Balaban J connectivity index is 2.00. The van der Waals surface area contributed by atoms with Crippen LogP contribution in [0.3, 0.4) is 0 Å². The lowest BCUT2D eigenvalue weighted by atomic mass is 9.99. The molecule has 1 aromatic rings. The van der Waals surface area contributed by atoms with Gasteiger partial charge in [0, 0.05) is 25.2 Å². The van der Waals surface area contributed by atoms with Crippen LogP contribution in [0.2, 0.25) is 0 Å². The van der Waals surface area contributed by atoms with Crippen LogP contribution in [-0.2, 0) is 15.0 Å². The molecule has 2 aliphatic rings. The first-order valence-corrected chi connectivity index (χ1v) is 10.1. The lowest BCUT2D eigenvalue weighted by molar-refractivity contribution is -0.131. The monoisotopic (exact) mass is 379 g/mol. The van der Waals surface area contributed by atoms with Crippen LogP contribution in [0.4, 0.5) is 4.39 Å². The van der Waals surface area contributed by atoms with Crippen molar-refractivity contribution >= 4 is 21.8 Å². The Morgan fingerprint density at radius 1 is 1.27 bits per heavy atom. The third-order valence-electron chi connectivity index (χ3n) is 4.89. The standard InChI is InChI=1S/C18H22FN3O3S/c1-3-15-6-4-5-11-22(15)18(23)17-12-16(20-26(24,25)21(17)2)13-7-9-14(19)10-8-13/h7-10,12,15H,3-6,11H2,1-2H3/t15-/m1/s1. The van der Waals surface area contributed by atoms with Crippen molar-refractivity contribution in [3.8, 4) is 0 Å². The van der Waals surface area contributed by atoms with Crippen molar-refractivity contribution in [3.63, 3.8) is 0 Å². The second kappa shape index (κ2) is 7.19. The van der Waals surface area contributed by atoms with Gasteiger partial charge in [0.05, 0.1) is 5.71 Å². The molecule has 0 unspecified atom stereocenters. The van der Waals surface area contributed by atoms with Crippen molar-refractivity contribution in [1.82, 2.24) is 9.21 Å². The summed E-state index contributed by atoms with van der Waals surface area (Å²) in [4.78, 5) is 14.8. The number of benzene rings is 1. The van der Waals surface area contributed by atoms with Crippen molar-refractivity contribution in [3.05, 3.63) is 47.4 Å². The van der Waals surface area contributed by atoms with Crippen LogP contribution < -0.4 is 0 Å². The van der Waals surface area contributed by atoms with Gasteiger partial charge in [-0.25, -0.2) is 8.70 Å². The van der Waals surface area contributed by atoms with Crippen LogP contribution >= 0.6 is 0 Å². The van der Waals surface area contributed by atoms with Gasteiger partial charge in [-0.3, -0.25) is 4.79 Å². The molecule has 1 saturated heterocycles. The first kappa shape index (κ1) is 18.6. The topological polar surface area (TPSA) is 70.0 Å². The molecule has 26 heavy (non-hydrogen) atoms. The minimum Gasteiger partial charge on any atom is -0.334 e. The molecule has 2 heterocycles. The number of hydrogen-bond donors (Lipinski definition) is 0. The summed E-state index contributed by atoms with van der Waals surface area (Å²) >= 11 is 0. The van der Waals surface area contributed by atoms with E-state index < -0.39 is 16.0 Å². The summed E-state index contributed by atoms with van der Waals surface area (Å²) in [5.41, 5.74) is 0.648. The predicted octanol–water partition coefficient (Wildman–Crippen LogP) is 2.48. The molecule has 140 valence electrons. The number of rotatable bonds is 3. The van der Waals surface area contributed by atoms with Crippen molar-refractivity contribution < 1.29 is 17.6 Å². The van der Waals surface area contributed by atoms with Gasteiger partial charge in [-0.05, 0) is 56.0 Å². The predicted molar refractivity (Wildman–Crippen MR) is 97.3 cm³/mol. The van der Waals surface area contributed by atoms with E-state index in [1.807, 2.05) is 6.92 Å². The number of nitrogens with zero attached hydrogens (tertiary/aromatic N) is 3. The second-order valence-corrected chi connectivity index (χ2v) is 8.14. The van der Waals surface area contributed by atoms with Crippen molar-refractivity contribution in [2.24, 2.45) is 4.40 Å². The fourth-order valence-corrected chi connectivity index (χ4v) is 4.26. The van der Waals surface area contributed by atoms with Crippen molar-refractivity contribution in [1.29, 1.82) is 0 Å². The van der Waals surface area contributed by atoms with E-state index in [-0.39, 0.29) is 23.4 Å². The summed E-state index contributed by atoms with van der Waals surface area (Å²) < 4.78 is 42.7.